The van der Waals surface area contributed by atoms with E-state index in [1.807, 2.05) is 0 Å². The van der Waals surface area contributed by atoms with Crippen LogP contribution in [0.3, 0.4) is 0 Å². The maximum atomic E-state index is 11.9. The van der Waals surface area contributed by atoms with Crippen LogP contribution >= 0.6 is 0 Å². The van der Waals surface area contributed by atoms with Crippen LogP contribution in [-0.2, 0) is 14.3 Å². The van der Waals surface area contributed by atoms with E-state index < -0.39 is 12.1 Å². The van der Waals surface area contributed by atoms with Gasteiger partial charge in [-0.3, -0.25) is 4.79 Å². The predicted octanol–water partition coefficient (Wildman–Crippen LogP) is -0.562. The Morgan fingerprint density at radius 2 is 2.30 bits per heavy atom. The molecule has 0 aliphatic heterocycles. The molecule has 0 aromatic heterocycles. The van der Waals surface area contributed by atoms with Crippen molar-refractivity contribution in [1.29, 1.82) is 0 Å². The summed E-state index contributed by atoms with van der Waals surface area (Å²) in [4.78, 5) is 19.7. The van der Waals surface area contributed by atoms with Gasteiger partial charge in [-0.25, -0.2) is 9.18 Å². The van der Waals surface area contributed by atoms with E-state index in [0.717, 1.165) is 0 Å². The molecule has 0 aliphatic carbocycles. The van der Waals surface area contributed by atoms with Gasteiger partial charge in [-0.2, -0.15) is 0 Å². The quantitative estimate of drug-likeness (QED) is 0.239. The fraction of sp³-hybridized carbons (Fsp3) is 0.600. The average Bonchev–Trinajstić information content (AvgIpc) is 1.87. The number of carbonyl (C=O) groups excluding carboxylic acids is 2. The molecule has 0 amide bonds. The molecular weight excluding hydrogens is 150 g/mol. The van der Waals surface area contributed by atoms with Crippen LogP contribution in [0.4, 0.5) is 4.39 Å². The Bertz CT molecular complexity index is 117. The Morgan fingerprint density at radius 3 is 2.60 bits per heavy atom. The zero-order valence-corrected chi connectivity index (χ0v) is 4.96. The van der Waals surface area contributed by atoms with E-state index in [1.54, 1.807) is 0 Å². The molecule has 0 saturated carbocycles. The first-order valence-corrected chi connectivity index (χ1v) is 2.48. The predicted molar refractivity (Wildman–Crippen MR) is 34.7 cm³/mol. The molecular formula is C5H8FNaO3. The number of alkyl halides is 1. The van der Waals surface area contributed by atoms with Gasteiger partial charge in [-0.05, 0) is 6.92 Å². The first-order chi connectivity index (χ1) is 4.22. The van der Waals surface area contributed by atoms with Crippen LogP contribution in [0.1, 0.15) is 6.92 Å². The summed E-state index contributed by atoms with van der Waals surface area (Å²) in [5.41, 5.74) is 0. The summed E-state index contributed by atoms with van der Waals surface area (Å²) in [7, 11) is 0. The van der Waals surface area contributed by atoms with E-state index in [2.05, 4.69) is 4.74 Å². The Balaban J connectivity index is 0. The van der Waals surface area contributed by atoms with E-state index in [1.165, 1.54) is 6.92 Å². The van der Waals surface area contributed by atoms with E-state index in [9.17, 15) is 14.0 Å². The van der Waals surface area contributed by atoms with Crippen LogP contribution in [0.15, 0.2) is 0 Å². The molecule has 0 rings (SSSR count). The number of ether oxygens (including phenoxy) is 1. The molecule has 10 heavy (non-hydrogen) atoms. The van der Waals surface area contributed by atoms with Crippen molar-refractivity contribution in [2.45, 2.75) is 13.1 Å². The molecule has 1 unspecified atom stereocenters. The van der Waals surface area contributed by atoms with Gasteiger partial charge in [0.1, 0.15) is 0 Å². The molecule has 0 radical (unpaired) electrons. The van der Waals surface area contributed by atoms with Gasteiger partial charge < -0.3 is 4.74 Å². The third-order valence-electron chi connectivity index (χ3n) is 0.631. The van der Waals surface area contributed by atoms with Crippen molar-refractivity contribution in [3.05, 3.63) is 0 Å². The summed E-state index contributed by atoms with van der Waals surface area (Å²) in [6.45, 7) is 1.63. The molecule has 0 spiro atoms. The van der Waals surface area contributed by atoms with E-state index in [4.69, 9.17) is 0 Å². The van der Waals surface area contributed by atoms with E-state index in [-0.39, 0.29) is 42.5 Å². The standard InChI is InChI=1S/C5H7FO3.Na.H/c1-2-9-5(8)4(6)3-7;;/h3-4H,2H2,1H3;;. The third kappa shape index (κ3) is 4.90. The zero-order chi connectivity index (χ0) is 7.28. The van der Waals surface area contributed by atoms with Crippen LogP contribution in [0.5, 0.6) is 0 Å². The third-order valence-corrected chi connectivity index (χ3v) is 0.631. The summed E-state index contributed by atoms with van der Waals surface area (Å²) in [5.74, 6) is -1.12. The Kier molecular flexibility index (Phi) is 9.13. The number of rotatable bonds is 3. The summed E-state index contributed by atoms with van der Waals surface area (Å²) in [6.07, 6.45) is -2.22. The van der Waals surface area contributed by atoms with Crippen LogP contribution in [0.2, 0.25) is 0 Å². The molecule has 0 saturated heterocycles. The molecule has 1 atom stereocenters. The number of hydrogen-bond acceptors (Lipinski definition) is 3. The molecule has 3 nitrogen and oxygen atoms in total. The number of aldehydes is 1. The topological polar surface area (TPSA) is 43.4 Å². The summed E-state index contributed by atoms with van der Waals surface area (Å²) >= 11 is 0. The summed E-state index contributed by atoms with van der Waals surface area (Å²) < 4.78 is 16.0. The fourth-order valence-corrected chi connectivity index (χ4v) is 0.277. The Labute approximate surface area is 80.2 Å². The van der Waals surface area contributed by atoms with Crippen LogP contribution in [0.25, 0.3) is 0 Å². The van der Waals surface area contributed by atoms with Gasteiger partial charge in [0.25, 0.3) is 6.17 Å². The second-order valence-corrected chi connectivity index (χ2v) is 1.29. The SMILES string of the molecule is CCOC(=O)C(F)C=O.[NaH]. The van der Waals surface area contributed by atoms with E-state index >= 15 is 0 Å². The summed E-state index contributed by atoms with van der Waals surface area (Å²) in [6, 6.07) is 0. The van der Waals surface area contributed by atoms with Crippen LogP contribution in [0, 0.1) is 0 Å². The maximum absolute atomic E-state index is 11.9. The van der Waals surface area contributed by atoms with Gasteiger partial charge in [0.05, 0.1) is 6.61 Å². The van der Waals surface area contributed by atoms with Gasteiger partial charge in [-0.15, -0.1) is 0 Å². The van der Waals surface area contributed by atoms with Gasteiger partial charge >= 0.3 is 35.5 Å². The van der Waals surface area contributed by atoms with Crippen molar-refractivity contribution >= 4 is 41.8 Å². The number of hydrogen-bond donors (Lipinski definition) is 0. The van der Waals surface area contributed by atoms with E-state index in [0.29, 0.717) is 0 Å². The van der Waals surface area contributed by atoms with Gasteiger partial charge in [0.15, 0.2) is 6.29 Å². The molecule has 0 N–H and O–H groups in total. The molecule has 54 valence electrons. The van der Waals surface area contributed by atoms with Crippen molar-refractivity contribution in [2.75, 3.05) is 6.61 Å². The number of esters is 1. The van der Waals surface area contributed by atoms with Crippen molar-refractivity contribution in [1.82, 2.24) is 0 Å². The number of halogens is 1. The first kappa shape index (κ1) is 12.7. The monoisotopic (exact) mass is 158 g/mol. The van der Waals surface area contributed by atoms with Crippen LogP contribution in [-0.4, -0.2) is 54.6 Å². The molecule has 0 aromatic rings. The van der Waals surface area contributed by atoms with Crippen molar-refractivity contribution in [3.63, 3.8) is 0 Å². The normalized spacial score (nSPS) is 11.0. The van der Waals surface area contributed by atoms with Gasteiger partial charge in [0, 0.05) is 0 Å². The Morgan fingerprint density at radius 1 is 1.80 bits per heavy atom. The summed E-state index contributed by atoms with van der Waals surface area (Å²) in [5, 5.41) is 0. The van der Waals surface area contributed by atoms with Gasteiger partial charge in [0.2, 0.25) is 0 Å². The molecule has 0 heterocycles. The van der Waals surface area contributed by atoms with Gasteiger partial charge in [-0.1, -0.05) is 0 Å². The fourth-order valence-electron chi connectivity index (χ4n) is 0.277. The first-order valence-electron chi connectivity index (χ1n) is 2.48. The molecule has 0 bridgehead atoms. The molecule has 0 fully saturated rings. The Hall–Kier alpha value is 0.0700. The molecule has 0 aliphatic rings. The van der Waals surface area contributed by atoms with Crippen molar-refractivity contribution in [3.8, 4) is 0 Å². The zero-order valence-electron chi connectivity index (χ0n) is 4.96. The average molecular weight is 158 g/mol. The molecule has 0 aromatic carbocycles. The van der Waals surface area contributed by atoms with Crippen molar-refractivity contribution in [2.24, 2.45) is 0 Å². The number of carbonyl (C=O) groups is 2. The second kappa shape index (κ2) is 7.18. The second-order valence-electron chi connectivity index (χ2n) is 1.29. The van der Waals surface area contributed by atoms with Crippen molar-refractivity contribution < 1.29 is 18.7 Å². The molecule has 5 heteroatoms. The van der Waals surface area contributed by atoms with Crippen LogP contribution < -0.4 is 0 Å². The minimum atomic E-state index is -2.12. The minimum absolute atomic E-state index is 0.